The summed E-state index contributed by atoms with van der Waals surface area (Å²) in [5, 5.41) is 8.84. The number of morpholine rings is 1. The van der Waals surface area contributed by atoms with Crippen molar-refractivity contribution in [2.75, 3.05) is 57.5 Å². The first-order valence-corrected chi connectivity index (χ1v) is 16.2. The van der Waals surface area contributed by atoms with E-state index in [1.165, 1.54) is 0 Å². The van der Waals surface area contributed by atoms with E-state index >= 15 is 4.39 Å². The molecular formula is C32H39BFN7O3. The molecule has 2 atom stereocenters. The van der Waals surface area contributed by atoms with Gasteiger partial charge in [0.2, 0.25) is 0 Å². The number of fused-ring (bicyclic) bond motifs is 8. The fourth-order valence-electron chi connectivity index (χ4n) is 7.81. The highest BCUT2D eigenvalue weighted by Crippen LogP contribution is 2.39. The van der Waals surface area contributed by atoms with Gasteiger partial charge in [0.25, 0.3) is 6.85 Å². The van der Waals surface area contributed by atoms with Crippen molar-refractivity contribution in [1.82, 2.24) is 30.0 Å². The summed E-state index contributed by atoms with van der Waals surface area (Å²) in [6, 6.07) is 2.76. The van der Waals surface area contributed by atoms with E-state index in [4.69, 9.17) is 29.2 Å². The molecule has 1 aromatic carbocycles. The van der Waals surface area contributed by atoms with E-state index in [2.05, 4.69) is 32.9 Å². The quantitative estimate of drug-likeness (QED) is 0.339. The van der Waals surface area contributed by atoms with E-state index in [9.17, 15) is 0 Å². The van der Waals surface area contributed by atoms with Crippen LogP contribution in [0.4, 0.5) is 10.2 Å². The molecule has 3 aromatic heterocycles. The van der Waals surface area contributed by atoms with Crippen LogP contribution < -0.4 is 9.64 Å². The molecule has 4 aromatic rings. The number of nitrogens with one attached hydrogen (secondary N) is 1. The van der Waals surface area contributed by atoms with Crippen LogP contribution in [0.25, 0.3) is 33.1 Å². The lowest BCUT2D eigenvalue weighted by atomic mass is 9.60. The van der Waals surface area contributed by atoms with Gasteiger partial charge in [0.15, 0.2) is 5.82 Å². The second-order valence-electron chi connectivity index (χ2n) is 12.9. The Balaban J connectivity index is 1.25. The number of pyridine rings is 1. The fraction of sp³-hybridized carbons (Fsp3) is 0.562. The third-order valence-electron chi connectivity index (χ3n) is 10.1. The minimum atomic E-state index is -0.441. The molecule has 0 saturated carbocycles. The Labute approximate surface area is 256 Å². The number of piperidine rings is 1. The van der Waals surface area contributed by atoms with Crippen LogP contribution in [-0.2, 0) is 15.9 Å². The number of nitrogens with zero attached hydrogens (tertiary/aromatic N) is 6. The van der Waals surface area contributed by atoms with Gasteiger partial charge in [0.1, 0.15) is 17.0 Å². The molecule has 0 unspecified atom stereocenters. The number of aryl methyl sites for hydroxylation is 1. The van der Waals surface area contributed by atoms with E-state index < -0.39 is 5.82 Å². The van der Waals surface area contributed by atoms with Crippen LogP contribution in [0.15, 0.2) is 18.5 Å². The van der Waals surface area contributed by atoms with Gasteiger partial charge in [-0.15, -0.1) is 0 Å². The maximum absolute atomic E-state index is 17.0. The third-order valence-corrected chi connectivity index (χ3v) is 10.1. The zero-order valence-electron chi connectivity index (χ0n) is 25.4. The van der Waals surface area contributed by atoms with Crippen molar-refractivity contribution in [3.63, 3.8) is 0 Å². The molecule has 10 nitrogen and oxygen atoms in total. The summed E-state index contributed by atoms with van der Waals surface area (Å²) in [6.45, 7) is 8.32. The average molecular weight is 600 g/mol. The van der Waals surface area contributed by atoms with Gasteiger partial charge in [-0.2, -0.15) is 15.1 Å². The zero-order valence-corrected chi connectivity index (χ0v) is 25.4. The molecule has 0 radical (unpaired) electrons. The van der Waals surface area contributed by atoms with Gasteiger partial charge in [-0.3, -0.25) is 10.1 Å². The van der Waals surface area contributed by atoms with Crippen LogP contribution >= 0.6 is 0 Å². The predicted molar refractivity (Wildman–Crippen MR) is 168 cm³/mol. The van der Waals surface area contributed by atoms with Crippen molar-refractivity contribution in [1.29, 1.82) is 0 Å². The van der Waals surface area contributed by atoms with E-state index in [1.807, 2.05) is 0 Å². The lowest BCUT2D eigenvalue weighted by molar-refractivity contribution is 0.0356. The number of H-pyrrole nitrogens is 1. The highest BCUT2D eigenvalue weighted by Gasteiger charge is 2.39. The lowest BCUT2D eigenvalue weighted by Crippen LogP contribution is -2.49. The summed E-state index contributed by atoms with van der Waals surface area (Å²) in [6.07, 6.45) is 10.5. The molecule has 0 spiro atoms. The molecule has 0 amide bonds. The van der Waals surface area contributed by atoms with E-state index in [1.54, 1.807) is 12.4 Å². The van der Waals surface area contributed by atoms with Crippen LogP contribution in [0, 0.1) is 18.7 Å². The van der Waals surface area contributed by atoms with E-state index in [-0.39, 0.29) is 18.4 Å². The second kappa shape index (κ2) is 11.9. The van der Waals surface area contributed by atoms with Crippen molar-refractivity contribution >= 4 is 34.5 Å². The Kier molecular flexibility index (Phi) is 7.59. The Morgan fingerprint density at radius 3 is 2.95 bits per heavy atom. The summed E-state index contributed by atoms with van der Waals surface area (Å²) in [7, 11) is 0. The van der Waals surface area contributed by atoms with Crippen LogP contribution in [0.1, 0.15) is 43.2 Å². The van der Waals surface area contributed by atoms with Gasteiger partial charge >= 0.3 is 6.01 Å². The number of halogens is 1. The van der Waals surface area contributed by atoms with Gasteiger partial charge in [-0.05, 0) is 68.6 Å². The molecule has 8 heterocycles. The SMILES string of the molecule is Cc1cc2[nH]ncc2c2c1CCCCOC[C@@H]1CCCN(C1)c1nc(OCB3CC[C@@H]4COCCN34)nc3c(F)c-2ncc13. The molecule has 12 heteroatoms. The molecule has 1 N–H and O–H groups in total. The van der Waals surface area contributed by atoms with Crippen LogP contribution in [-0.4, -0.2) is 95.4 Å². The van der Waals surface area contributed by atoms with E-state index in [0.29, 0.717) is 42.0 Å². The molecule has 230 valence electrons. The van der Waals surface area contributed by atoms with Gasteiger partial charge in [-0.25, -0.2) is 4.39 Å². The van der Waals surface area contributed by atoms with Gasteiger partial charge in [0.05, 0.1) is 43.4 Å². The smallest absolute Gasteiger partial charge is 0.318 e. The van der Waals surface area contributed by atoms with Gasteiger partial charge in [0, 0.05) is 49.4 Å². The zero-order chi connectivity index (χ0) is 29.6. The number of aromatic amines is 1. The third kappa shape index (κ3) is 5.10. The lowest BCUT2D eigenvalue weighted by Gasteiger charge is -2.34. The highest BCUT2D eigenvalue weighted by molar-refractivity contribution is 6.56. The molecule has 3 saturated heterocycles. The molecule has 0 aliphatic carbocycles. The van der Waals surface area contributed by atoms with Crippen molar-refractivity contribution < 1.29 is 18.6 Å². The van der Waals surface area contributed by atoms with Gasteiger partial charge < -0.3 is 23.9 Å². The maximum Gasteiger partial charge on any atom is 0.318 e. The van der Waals surface area contributed by atoms with Crippen LogP contribution in [0.5, 0.6) is 6.01 Å². The maximum atomic E-state index is 17.0. The molecule has 9 rings (SSSR count). The second-order valence-corrected chi connectivity index (χ2v) is 12.9. The number of anilines is 1. The van der Waals surface area contributed by atoms with Crippen molar-refractivity contribution in [3.8, 4) is 17.3 Å². The summed E-state index contributed by atoms with van der Waals surface area (Å²) in [5.74, 6) is 0.633. The van der Waals surface area contributed by atoms with Crippen LogP contribution in [0.2, 0.25) is 6.32 Å². The molecule has 3 fully saturated rings. The van der Waals surface area contributed by atoms with Crippen molar-refractivity contribution in [2.24, 2.45) is 5.92 Å². The highest BCUT2D eigenvalue weighted by atomic mass is 19.1. The number of benzene rings is 1. The Morgan fingerprint density at radius 1 is 1.07 bits per heavy atom. The first-order chi connectivity index (χ1) is 21.6. The number of rotatable bonds is 3. The molecule has 44 heavy (non-hydrogen) atoms. The monoisotopic (exact) mass is 599 g/mol. The van der Waals surface area contributed by atoms with Crippen molar-refractivity contribution in [3.05, 3.63) is 35.4 Å². The first kappa shape index (κ1) is 28.2. The molecular weight excluding hydrogens is 560 g/mol. The first-order valence-electron chi connectivity index (χ1n) is 16.2. The summed E-state index contributed by atoms with van der Waals surface area (Å²) in [4.78, 5) is 19.2. The topological polar surface area (TPSA) is 102 Å². The average Bonchev–Trinajstić information content (AvgIpc) is 3.68. The normalized spacial score (nSPS) is 23.0. The van der Waals surface area contributed by atoms with Crippen molar-refractivity contribution in [2.45, 2.75) is 57.8 Å². The number of aromatic nitrogens is 5. The molecule has 6 bridgehead atoms. The largest absolute Gasteiger partial charge is 0.470 e. The van der Waals surface area contributed by atoms with Gasteiger partial charge in [-0.1, -0.05) is 6.32 Å². The fourth-order valence-corrected chi connectivity index (χ4v) is 7.81. The standard InChI is InChI=1S/C32H39BFN7O3/c1-20-13-26-24(15-36-39-26)27-23(20)6-2-3-11-42-17-21-5-4-9-40(16-21)31-25-14-35-30(27)28(34)29(25)37-32(38-31)44-19-33-8-7-22-18-43-12-10-41(22)33/h13-15,21-22H,2-12,16-19H2,1H3,(H,36,39)/t21-,22-/m1/s1. The Hall–Kier alpha value is -3.35. The van der Waals surface area contributed by atoms with E-state index in [0.717, 1.165) is 112 Å². The Bertz CT molecular complexity index is 1690. The molecule has 5 aliphatic rings. The number of hydrogen-bond acceptors (Lipinski definition) is 9. The summed E-state index contributed by atoms with van der Waals surface area (Å²) in [5.41, 5.74) is 4.37. The summed E-state index contributed by atoms with van der Waals surface area (Å²) >= 11 is 0. The number of hydrogen-bond donors (Lipinski definition) is 1. The van der Waals surface area contributed by atoms with Crippen LogP contribution in [0.3, 0.4) is 0 Å². The minimum absolute atomic E-state index is 0.220. The minimum Gasteiger partial charge on any atom is -0.470 e. The molecule has 5 aliphatic heterocycles. The predicted octanol–water partition coefficient (Wildman–Crippen LogP) is 4.60. The number of ether oxygens (including phenoxy) is 3. The Morgan fingerprint density at radius 2 is 2.00 bits per heavy atom. The summed E-state index contributed by atoms with van der Waals surface area (Å²) < 4.78 is 35.2.